The van der Waals surface area contributed by atoms with Gasteiger partial charge in [-0.2, -0.15) is 0 Å². The van der Waals surface area contributed by atoms with Crippen LogP contribution in [0.1, 0.15) is 44.7 Å². The molecule has 142 valence electrons. The molecule has 0 aliphatic heterocycles. The molecule has 0 aliphatic rings. The smallest absolute Gasteiger partial charge is 0.215 e. The van der Waals surface area contributed by atoms with Crippen LogP contribution in [0.5, 0.6) is 0 Å². The molecule has 0 amide bonds. The number of guanidine groups is 1. The monoisotopic (exact) mass is 368 g/mol. The summed E-state index contributed by atoms with van der Waals surface area (Å²) in [5.74, 6) is 1.41. The van der Waals surface area contributed by atoms with Gasteiger partial charge in [0, 0.05) is 13.1 Å². The second-order valence-electron chi connectivity index (χ2n) is 6.04. The molecule has 1 aromatic carbocycles. The maximum atomic E-state index is 11.7. The van der Waals surface area contributed by atoms with Gasteiger partial charge in [0.15, 0.2) is 5.96 Å². The van der Waals surface area contributed by atoms with Crippen LogP contribution >= 0.6 is 0 Å². The van der Waals surface area contributed by atoms with Gasteiger partial charge in [-0.3, -0.25) is 0 Å². The summed E-state index contributed by atoms with van der Waals surface area (Å²) in [4.78, 5) is 4.61. The van der Waals surface area contributed by atoms with Crippen LogP contribution in [0, 0.1) is 5.92 Å². The largest absolute Gasteiger partial charge is 0.357 e. The summed E-state index contributed by atoms with van der Waals surface area (Å²) >= 11 is 0. The van der Waals surface area contributed by atoms with Crippen molar-refractivity contribution < 1.29 is 8.42 Å². The van der Waals surface area contributed by atoms with Gasteiger partial charge in [0.2, 0.25) is 10.0 Å². The summed E-state index contributed by atoms with van der Waals surface area (Å²) in [6, 6.07) is 7.54. The zero-order chi connectivity index (χ0) is 18.7. The predicted octanol–water partition coefficient (Wildman–Crippen LogP) is 2.23. The molecular weight excluding hydrogens is 336 g/mol. The molecular formula is C18H32N4O2S. The Morgan fingerprint density at radius 3 is 2.40 bits per heavy atom. The van der Waals surface area contributed by atoms with Gasteiger partial charge in [-0.1, -0.05) is 51.0 Å². The second kappa shape index (κ2) is 11.1. The number of rotatable bonds is 10. The Balaban J connectivity index is 2.75. The highest BCUT2D eigenvalue weighted by molar-refractivity contribution is 7.88. The average Bonchev–Trinajstić information content (AvgIpc) is 2.60. The Hall–Kier alpha value is -1.60. The summed E-state index contributed by atoms with van der Waals surface area (Å²) in [6.07, 6.45) is 2.29. The van der Waals surface area contributed by atoms with Crippen molar-refractivity contribution in [1.29, 1.82) is 0 Å². The second-order valence-corrected chi connectivity index (χ2v) is 7.97. The zero-order valence-corrected chi connectivity index (χ0v) is 16.6. The number of hydrogen-bond acceptors (Lipinski definition) is 3. The third-order valence-corrected chi connectivity index (χ3v) is 5.47. The maximum Gasteiger partial charge on any atom is 0.215 e. The Morgan fingerprint density at radius 1 is 1.12 bits per heavy atom. The molecule has 0 bridgehead atoms. The van der Waals surface area contributed by atoms with E-state index in [4.69, 9.17) is 0 Å². The standard InChI is InChI=1S/C18H32N4O2S/c1-5-15(6-2)12-21-18(20-7-3)22-13-16-9-8-10-17(11-16)14-25(23,24)19-4/h8-11,15,19H,5-7,12-14H2,1-4H3,(H2,20,21,22). The van der Waals surface area contributed by atoms with Crippen molar-refractivity contribution in [3.8, 4) is 0 Å². The van der Waals surface area contributed by atoms with Gasteiger partial charge in [-0.05, 0) is 31.0 Å². The van der Waals surface area contributed by atoms with E-state index in [0.29, 0.717) is 12.5 Å². The number of benzene rings is 1. The molecule has 0 spiro atoms. The number of aliphatic imine (C=N–C) groups is 1. The third-order valence-electron chi connectivity index (χ3n) is 4.14. The van der Waals surface area contributed by atoms with E-state index in [9.17, 15) is 8.42 Å². The molecule has 0 aliphatic carbocycles. The van der Waals surface area contributed by atoms with Crippen molar-refractivity contribution in [2.45, 2.75) is 45.9 Å². The normalized spacial score (nSPS) is 12.4. The number of nitrogens with one attached hydrogen (secondary N) is 3. The van der Waals surface area contributed by atoms with E-state index in [1.165, 1.54) is 7.05 Å². The number of sulfonamides is 1. The van der Waals surface area contributed by atoms with Crippen molar-refractivity contribution in [3.05, 3.63) is 35.4 Å². The molecule has 0 aromatic heterocycles. The van der Waals surface area contributed by atoms with E-state index < -0.39 is 10.0 Å². The van der Waals surface area contributed by atoms with Crippen LogP contribution in [0.25, 0.3) is 0 Å². The SMILES string of the molecule is CCNC(=NCc1cccc(CS(=O)(=O)NC)c1)NCC(CC)CC. The maximum absolute atomic E-state index is 11.7. The summed E-state index contributed by atoms with van der Waals surface area (Å²) in [6.45, 7) is 8.65. The summed E-state index contributed by atoms with van der Waals surface area (Å²) in [7, 11) is -1.84. The van der Waals surface area contributed by atoms with Crippen LogP contribution < -0.4 is 15.4 Å². The van der Waals surface area contributed by atoms with E-state index in [2.05, 4.69) is 34.2 Å². The fraction of sp³-hybridized carbons (Fsp3) is 0.611. The van der Waals surface area contributed by atoms with Crippen molar-refractivity contribution in [1.82, 2.24) is 15.4 Å². The molecule has 1 aromatic rings. The van der Waals surface area contributed by atoms with E-state index in [1.807, 2.05) is 31.2 Å². The molecule has 0 unspecified atom stereocenters. The molecule has 6 nitrogen and oxygen atoms in total. The van der Waals surface area contributed by atoms with E-state index in [-0.39, 0.29) is 5.75 Å². The fourth-order valence-corrected chi connectivity index (χ4v) is 3.20. The minimum Gasteiger partial charge on any atom is -0.357 e. The highest BCUT2D eigenvalue weighted by Gasteiger charge is 2.09. The lowest BCUT2D eigenvalue weighted by atomic mass is 10.0. The Kier molecular flexibility index (Phi) is 9.52. The molecule has 0 saturated carbocycles. The minimum atomic E-state index is -3.26. The first-order valence-electron chi connectivity index (χ1n) is 8.95. The van der Waals surface area contributed by atoms with Gasteiger partial charge < -0.3 is 10.6 Å². The molecule has 0 atom stereocenters. The molecule has 1 rings (SSSR count). The number of hydrogen-bond donors (Lipinski definition) is 3. The zero-order valence-electron chi connectivity index (χ0n) is 15.8. The van der Waals surface area contributed by atoms with E-state index in [0.717, 1.165) is 43.0 Å². The fourth-order valence-electron chi connectivity index (χ4n) is 2.44. The summed E-state index contributed by atoms with van der Waals surface area (Å²) in [5.41, 5.74) is 1.75. The van der Waals surface area contributed by atoms with Gasteiger partial charge >= 0.3 is 0 Å². The Bertz CT molecular complexity index is 640. The molecule has 3 N–H and O–H groups in total. The highest BCUT2D eigenvalue weighted by Crippen LogP contribution is 2.10. The number of nitrogens with zero attached hydrogens (tertiary/aromatic N) is 1. The highest BCUT2D eigenvalue weighted by atomic mass is 32.2. The Morgan fingerprint density at radius 2 is 1.80 bits per heavy atom. The first kappa shape index (κ1) is 21.4. The Labute approximate surface area is 152 Å². The topological polar surface area (TPSA) is 82.6 Å². The van der Waals surface area contributed by atoms with Crippen molar-refractivity contribution >= 4 is 16.0 Å². The van der Waals surface area contributed by atoms with Crippen LogP contribution in [-0.2, 0) is 22.3 Å². The van der Waals surface area contributed by atoms with E-state index in [1.54, 1.807) is 0 Å². The van der Waals surface area contributed by atoms with Crippen LogP contribution in [0.2, 0.25) is 0 Å². The molecule has 7 heteroatoms. The van der Waals surface area contributed by atoms with Crippen molar-refractivity contribution in [2.24, 2.45) is 10.9 Å². The first-order chi connectivity index (χ1) is 11.9. The quantitative estimate of drug-likeness (QED) is 0.437. The van der Waals surface area contributed by atoms with Gasteiger partial charge in [-0.15, -0.1) is 0 Å². The minimum absolute atomic E-state index is 0.0198. The van der Waals surface area contributed by atoms with Gasteiger partial charge in [0.25, 0.3) is 0 Å². The predicted molar refractivity (Wildman–Crippen MR) is 105 cm³/mol. The lowest BCUT2D eigenvalue weighted by molar-refractivity contribution is 0.481. The molecule has 0 heterocycles. The molecule has 25 heavy (non-hydrogen) atoms. The van der Waals surface area contributed by atoms with E-state index >= 15 is 0 Å². The van der Waals surface area contributed by atoms with Crippen LogP contribution in [0.15, 0.2) is 29.3 Å². The lowest BCUT2D eigenvalue weighted by Crippen LogP contribution is -2.39. The van der Waals surface area contributed by atoms with Crippen LogP contribution in [0.3, 0.4) is 0 Å². The molecule has 0 saturated heterocycles. The lowest BCUT2D eigenvalue weighted by Gasteiger charge is -2.16. The van der Waals surface area contributed by atoms with Gasteiger partial charge in [0.05, 0.1) is 12.3 Å². The van der Waals surface area contributed by atoms with Crippen molar-refractivity contribution in [3.63, 3.8) is 0 Å². The molecule has 0 radical (unpaired) electrons. The van der Waals surface area contributed by atoms with Crippen molar-refractivity contribution in [2.75, 3.05) is 20.1 Å². The van der Waals surface area contributed by atoms with Gasteiger partial charge in [-0.25, -0.2) is 18.1 Å². The average molecular weight is 369 g/mol. The third kappa shape index (κ3) is 8.36. The van der Waals surface area contributed by atoms with Gasteiger partial charge in [0.1, 0.15) is 0 Å². The first-order valence-corrected chi connectivity index (χ1v) is 10.6. The van der Waals surface area contributed by atoms with Crippen LogP contribution in [-0.4, -0.2) is 34.5 Å². The summed E-state index contributed by atoms with van der Waals surface area (Å²) in [5, 5.41) is 6.64. The molecule has 0 fully saturated rings. The summed E-state index contributed by atoms with van der Waals surface area (Å²) < 4.78 is 25.7. The van der Waals surface area contributed by atoms with Crippen LogP contribution in [0.4, 0.5) is 0 Å².